The van der Waals surface area contributed by atoms with E-state index in [4.69, 9.17) is 10.5 Å². The predicted molar refractivity (Wildman–Crippen MR) is 34.1 cm³/mol. The van der Waals surface area contributed by atoms with Crippen LogP contribution in [0.4, 0.5) is 0 Å². The second-order valence-electron chi connectivity index (χ2n) is 1.37. The molecule has 2 heteroatoms. The Morgan fingerprint density at radius 3 is 2.38 bits per heavy atom. The van der Waals surface area contributed by atoms with E-state index in [1.54, 1.807) is 13.2 Å². The maximum absolute atomic E-state index is 5.36. The van der Waals surface area contributed by atoms with Gasteiger partial charge >= 0.3 is 0 Å². The molecule has 0 heterocycles. The summed E-state index contributed by atoms with van der Waals surface area (Å²) in [5, 5.41) is 0. The van der Waals surface area contributed by atoms with E-state index in [9.17, 15) is 0 Å². The van der Waals surface area contributed by atoms with E-state index in [2.05, 4.69) is 6.58 Å². The van der Waals surface area contributed by atoms with Crippen LogP contribution in [0.15, 0.2) is 24.1 Å². The lowest BCUT2D eigenvalue weighted by Gasteiger charge is -2.00. The molecule has 0 bridgehead atoms. The summed E-state index contributed by atoms with van der Waals surface area (Å²) in [6.45, 7) is 5.36. The van der Waals surface area contributed by atoms with Crippen LogP contribution in [0.1, 0.15) is 6.92 Å². The van der Waals surface area contributed by atoms with E-state index in [1.807, 2.05) is 6.92 Å². The molecule has 0 unspecified atom stereocenters. The monoisotopic (exact) mass is 113 g/mol. The van der Waals surface area contributed by atoms with Crippen molar-refractivity contribution in [3.63, 3.8) is 0 Å². The molecule has 0 radical (unpaired) electrons. The van der Waals surface area contributed by atoms with Gasteiger partial charge in [0.2, 0.25) is 0 Å². The topological polar surface area (TPSA) is 35.2 Å². The van der Waals surface area contributed by atoms with Crippen molar-refractivity contribution in [3.05, 3.63) is 24.1 Å². The van der Waals surface area contributed by atoms with Gasteiger partial charge in [-0.3, -0.25) is 0 Å². The molecular formula is C6H11NO. The van der Waals surface area contributed by atoms with Gasteiger partial charge in [-0.25, -0.2) is 0 Å². The van der Waals surface area contributed by atoms with Crippen LogP contribution in [0.25, 0.3) is 0 Å². The van der Waals surface area contributed by atoms with E-state index in [1.165, 1.54) is 0 Å². The average Bonchev–Trinajstić information content (AvgIpc) is 1.84. The van der Waals surface area contributed by atoms with Crippen LogP contribution in [-0.2, 0) is 4.74 Å². The summed E-state index contributed by atoms with van der Waals surface area (Å²) in [5.41, 5.74) is 5.95. The van der Waals surface area contributed by atoms with E-state index in [0.717, 1.165) is 0 Å². The molecule has 0 saturated carbocycles. The fraction of sp³-hybridized carbons (Fsp3) is 0.333. The lowest BCUT2D eigenvalue weighted by molar-refractivity contribution is 0.302. The molecule has 0 aliphatic carbocycles. The fourth-order valence-electron chi connectivity index (χ4n) is 0.279. The lowest BCUT2D eigenvalue weighted by atomic mass is 10.4. The van der Waals surface area contributed by atoms with Gasteiger partial charge in [0.1, 0.15) is 5.76 Å². The zero-order chi connectivity index (χ0) is 6.57. The summed E-state index contributed by atoms with van der Waals surface area (Å²) in [6.07, 6.45) is 1.74. The van der Waals surface area contributed by atoms with Gasteiger partial charge in [0.25, 0.3) is 0 Å². The first kappa shape index (κ1) is 7.08. The zero-order valence-corrected chi connectivity index (χ0v) is 5.27. The van der Waals surface area contributed by atoms with E-state index in [0.29, 0.717) is 11.5 Å². The highest BCUT2D eigenvalue weighted by molar-refractivity contribution is 5.17. The Hall–Kier alpha value is -0.920. The number of rotatable bonds is 2. The average molecular weight is 113 g/mol. The molecule has 0 amide bonds. The molecule has 0 aromatic rings. The minimum absolute atomic E-state index is 0.521. The van der Waals surface area contributed by atoms with Crippen LogP contribution in [0.3, 0.4) is 0 Å². The summed E-state index contributed by atoms with van der Waals surface area (Å²) in [4.78, 5) is 0. The Kier molecular flexibility index (Phi) is 2.77. The van der Waals surface area contributed by atoms with Gasteiger partial charge in [0, 0.05) is 0 Å². The first-order chi connectivity index (χ1) is 3.72. The van der Waals surface area contributed by atoms with Crippen LogP contribution in [0.5, 0.6) is 0 Å². The number of ether oxygens (including phenoxy) is 1. The quantitative estimate of drug-likeness (QED) is 0.428. The van der Waals surface area contributed by atoms with Crippen LogP contribution in [0.2, 0.25) is 0 Å². The van der Waals surface area contributed by atoms with Crippen LogP contribution in [-0.4, -0.2) is 7.11 Å². The third-order valence-electron chi connectivity index (χ3n) is 0.879. The molecule has 0 aliphatic heterocycles. The van der Waals surface area contributed by atoms with Gasteiger partial charge in [-0.1, -0.05) is 12.7 Å². The minimum Gasteiger partial charge on any atom is -0.495 e. The summed E-state index contributed by atoms with van der Waals surface area (Å²) in [7, 11) is 1.54. The molecule has 2 nitrogen and oxygen atoms in total. The van der Waals surface area contributed by atoms with Crippen molar-refractivity contribution in [1.82, 2.24) is 0 Å². The Morgan fingerprint density at radius 2 is 2.25 bits per heavy atom. The van der Waals surface area contributed by atoms with Gasteiger partial charge < -0.3 is 10.5 Å². The Balaban J connectivity index is 3.83. The second-order valence-corrected chi connectivity index (χ2v) is 1.37. The fourth-order valence-corrected chi connectivity index (χ4v) is 0.279. The van der Waals surface area contributed by atoms with Crippen molar-refractivity contribution in [3.8, 4) is 0 Å². The Morgan fingerprint density at radius 1 is 1.75 bits per heavy atom. The van der Waals surface area contributed by atoms with Crippen molar-refractivity contribution >= 4 is 0 Å². The maximum atomic E-state index is 5.36. The van der Waals surface area contributed by atoms with E-state index >= 15 is 0 Å². The SMILES string of the molecule is C=C(OC)/C(N)=C\C. The Labute approximate surface area is 49.6 Å². The first-order valence-corrected chi connectivity index (χ1v) is 2.37. The smallest absolute Gasteiger partial charge is 0.134 e. The van der Waals surface area contributed by atoms with Crippen molar-refractivity contribution in [2.24, 2.45) is 5.73 Å². The molecule has 0 aromatic heterocycles. The van der Waals surface area contributed by atoms with Crippen molar-refractivity contribution in [2.45, 2.75) is 6.92 Å². The van der Waals surface area contributed by atoms with Gasteiger partial charge in [-0.2, -0.15) is 0 Å². The van der Waals surface area contributed by atoms with Crippen LogP contribution >= 0.6 is 0 Å². The number of nitrogens with two attached hydrogens (primary N) is 1. The third kappa shape index (κ3) is 1.69. The number of allylic oxidation sites excluding steroid dienone is 1. The van der Waals surface area contributed by atoms with E-state index in [-0.39, 0.29) is 0 Å². The molecule has 0 aliphatic rings. The molecule has 0 saturated heterocycles. The lowest BCUT2D eigenvalue weighted by Crippen LogP contribution is -2.00. The number of hydrogen-bond donors (Lipinski definition) is 1. The highest BCUT2D eigenvalue weighted by Crippen LogP contribution is 1.98. The summed E-state index contributed by atoms with van der Waals surface area (Å²) in [6, 6.07) is 0. The number of methoxy groups -OCH3 is 1. The largest absolute Gasteiger partial charge is 0.495 e. The standard InChI is InChI=1S/C6H11NO/c1-4-6(7)5(2)8-3/h4H,2,7H2,1,3H3/b6-4+. The van der Waals surface area contributed by atoms with Gasteiger partial charge in [0.15, 0.2) is 0 Å². The molecule has 0 fully saturated rings. The molecular weight excluding hydrogens is 102 g/mol. The second kappa shape index (κ2) is 3.13. The van der Waals surface area contributed by atoms with Gasteiger partial charge in [-0.15, -0.1) is 0 Å². The van der Waals surface area contributed by atoms with Crippen molar-refractivity contribution < 1.29 is 4.74 Å². The Bertz CT molecular complexity index is 116. The molecule has 0 aromatic carbocycles. The minimum atomic E-state index is 0.521. The predicted octanol–water partition coefficient (Wildman–Crippen LogP) is 1.01. The summed E-state index contributed by atoms with van der Waals surface area (Å²) < 4.78 is 4.72. The summed E-state index contributed by atoms with van der Waals surface area (Å²) >= 11 is 0. The van der Waals surface area contributed by atoms with Crippen molar-refractivity contribution in [1.29, 1.82) is 0 Å². The van der Waals surface area contributed by atoms with Crippen molar-refractivity contribution in [2.75, 3.05) is 7.11 Å². The first-order valence-electron chi connectivity index (χ1n) is 2.37. The molecule has 2 N–H and O–H groups in total. The van der Waals surface area contributed by atoms with Crippen LogP contribution < -0.4 is 5.73 Å². The summed E-state index contributed by atoms with van der Waals surface area (Å²) in [5.74, 6) is 0.521. The highest BCUT2D eigenvalue weighted by Gasteiger charge is 1.90. The normalized spacial score (nSPS) is 11.0. The molecule has 0 rings (SSSR count). The maximum Gasteiger partial charge on any atom is 0.134 e. The van der Waals surface area contributed by atoms with Crippen LogP contribution in [0, 0.1) is 0 Å². The van der Waals surface area contributed by atoms with Gasteiger partial charge in [0.05, 0.1) is 12.8 Å². The third-order valence-corrected chi connectivity index (χ3v) is 0.879. The molecule has 0 atom stereocenters. The molecule has 8 heavy (non-hydrogen) atoms. The highest BCUT2D eigenvalue weighted by atomic mass is 16.5. The van der Waals surface area contributed by atoms with E-state index < -0.39 is 0 Å². The molecule has 0 spiro atoms. The zero-order valence-electron chi connectivity index (χ0n) is 5.27. The molecule has 46 valence electrons. The number of hydrogen-bond acceptors (Lipinski definition) is 2. The van der Waals surface area contributed by atoms with Gasteiger partial charge in [-0.05, 0) is 6.92 Å².